The SMILES string of the molecule is CC/C(=C\c1ccccc1)[C@@H]1C[C@H]1N[C@H]1CC[C@H](NCC(C)(C)C(=O)O)CC1. The van der Waals surface area contributed by atoms with Crippen molar-refractivity contribution < 1.29 is 9.90 Å². The summed E-state index contributed by atoms with van der Waals surface area (Å²) in [5.74, 6) is -0.0390. The molecule has 3 rings (SSSR count). The highest BCUT2D eigenvalue weighted by Crippen LogP contribution is 2.40. The van der Waals surface area contributed by atoms with Crippen LogP contribution in [0.4, 0.5) is 0 Å². The topological polar surface area (TPSA) is 61.4 Å². The molecule has 4 heteroatoms. The molecule has 2 aliphatic rings. The van der Waals surface area contributed by atoms with Gasteiger partial charge in [0.15, 0.2) is 0 Å². The summed E-state index contributed by atoms with van der Waals surface area (Å²) in [6, 6.07) is 12.3. The van der Waals surface area contributed by atoms with Gasteiger partial charge in [0.2, 0.25) is 0 Å². The van der Waals surface area contributed by atoms with Gasteiger partial charge in [0.1, 0.15) is 0 Å². The lowest BCUT2D eigenvalue weighted by molar-refractivity contribution is -0.146. The number of rotatable bonds is 9. The number of aliphatic carboxylic acids is 1. The Hall–Kier alpha value is -1.65. The summed E-state index contributed by atoms with van der Waals surface area (Å²) in [4.78, 5) is 11.2. The fraction of sp³-hybridized carbons (Fsp3) is 0.625. The molecule has 2 fully saturated rings. The number of benzene rings is 1. The average molecular weight is 385 g/mol. The van der Waals surface area contributed by atoms with E-state index in [1.165, 1.54) is 24.8 Å². The predicted octanol–water partition coefficient (Wildman–Crippen LogP) is 4.47. The Morgan fingerprint density at radius 1 is 1.14 bits per heavy atom. The van der Waals surface area contributed by atoms with Crippen molar-refractivity contribution in [2.75, 3.05) is 6.54 Å². The Labute approximate surface area is 169 Å². The molecular formula is C24H36N2O2. The highest BCUT2D eigenvalue weighted by Gasteiger charge is 2.40. The van der Waals surface area contributed by atoms with Gasteiger partial charge in [0.05, 0.1) is 5.41 Å². The Kier molecular flexibility index (Phi) is 6.95. The van der Waals surface area contributed by atoms with Crippen molar-refractivity contribution in [3.05, 3.63) is 41.5 Å². The second-order valence-electron chi connectivity index (χ2n) is 9.22. The molecule has 2 aliphatic carbocycles. The molecule has 4 nitrogen and oxygen atoms in total. The van der Waals surface area contributed by atoms with Crippen LogP contribution in [-0.2, 0) is 4.79 Å². The molecule has 0 saturated heterocycles. The maximum Gasteiger partial charge on any atom is 0.310 e. The van der Waals surface area contributed by atoms with Crippen LogP contribution in [0, 0.1) is 11.3 Å². The zero-order chi connectivity index (χ0) is 20.1. The quantitative estimate of drug-likeness (QED) is 0.588. The summed E-state index contributed by atoms with van der Waals surface area (Å²) >= 11 is 0. The Bertz CT molecular complexity index is 675. The minimum absolute atomic E-state index is 0.454. The largest absolute Gasteiger partial charge is 0.481 e. The van der Waals surface area contributed by atoms with Crippen LogP contribution in [0.1, 0.15) is 64.9 Å². The van der Waals surface area contributed by atoms with E-state index >= 15 is 0 Å². The number of hydrogen-bond donors (Lipinski definition) is 3. The first kappa shape index (κ1) is 21.1. The maximum atomic E-state index is 11.2. The number of hydrogen-bond acceptors (Lipinski definition) is 3. The molecule has 154 valence electrons. The van der Waals surface area contributed by atoms with Gasteiger partial charge in [-0.05, 0) is 63.9 Å². The van der Waals surface area contributed by atoms with E-state index in [2.05, 4.69) is 54.0 Å². The van der Waals surface area contributed by atoms with Crippen molar-refractivity contribution >= 4 is 12.0 Å². The summed E-state index contributed by atoms with van der Waals surface area (Å²) in [5.41, 5.74) is 2.17. The summed E-state index contributed by atoms with van der Waals surface area (Å²) in [6.45, 7) is 6.38. The fourth-order valence-corrected chi connectivity index (χ4v) is 4.27. The van der Waals surface area contributed by atoms with Crippen molar-refractivity contribution in [2.45, 2.75) is 77.4 Å². The summed E-state index contributed by atoms with van der Waals surface area (Å²) < 4.78 is 0. The molecule has 28 heavy (non-hydrogen) atoms. The molecule has 0 amide bonds. The second kappa shape index (κ2) is 9.23. The van der Waals surface area contributed by atoms with Gasteiger partial charge in [-0.1, -0.05) is 48.9 Å². The lowest BCUT2D eigenvalue weighted by Gasteiger charge is -2.32. The Morgan fingerprint density at radius 2 is 1.79 bits per heavy atom. The van der Waals surface area contributed by atoms with Gasteiger partial charge in [0.25, 0.3) is 0 Å². The van der Waals surface area contributed by atoms with Crippen molar-refractivity contribution in [3.63, 3.8) is 0 Å². The Balaban J connectivity index is 1.41. The summed E-state index contributed by atoms with van der Waals surface area (Å²) in [5, 5.41) is 16.6. The van der Waals surface area contributed by atoms with Crippen molar-refractivity contribution in [1.82, 2.24) is 10.6 Å². The lowest BCUT2D eigenvalue weighted by atomic mass is 9.88. The van der Waals surface area contributed by atoms with Gasteiger partial charge in [-0.15, -0.1) is 0 Å². The standard InChI is InChI=1S/C24H36N2O2/c1-4-18(14-17-8-6-5-7-9-17)21-15-22(21)26-20-12-10-19(11-13-20)25-16-24(2,3)23(27)28/h5-9,14,19-22,25-26H,4,10-13,15-16H2,1-3H3,(H,27,28)/b18-14+/t19-,20-,21-,22+/m0/s1. The highest BCUT2D eigenvalue weighted by atomic mass is 16.4. The van der Waals surface area contributed by atoms with Crippen LogP contribution in [0.15, 0.2) is 35.9 Å². The third-order valence-electron chi connectivity index (χ3n) is 6.42. The number of carboxylic acid groups (broad SMARTS) is 1. The first-order valence-electron chi connectivity index (χ1n) is 10.9. The van der Waals surface area contributed by atoms with Gasteiger partial charge in [0, 0.05) is 24.7 Å². The summed E-state index contributed by atoms with van der Waals surface area (Å²) in [6.07, 6.45) is 9.37. The predicted molar refractivity (Wildman–Crippen MR) is 115 cm³/mol. The third kappa shape index (κ3) is 5.68. The molecule has 0 aliphatic heterocycles. The molecule has 0 bridgehead atoms. The fourth-order valence-electron chi connectivity index (χ4n) is 4.27. The number of carboxylic acids is 1. The monoisotopic (exact) mass is 384 g/mol. The first-order chi connectivity index (χ1) is 13.4. The van der Waals surface area contributed by atoms with Gasteiger partial charge < -0.3 is 15.7 Å². The molecule has 2 saturated carbocycles. The zero-order valence-corrected chi connectivity index (χ0v) is 17.6. The van der Waals surface area contributed by atoms with E-state index in [9.17, 15) is 9.90 Å². The molecule has 0 spiro atoms. The number of carbonyl (C=O) groups is 1. The van der Waals surface area contributed by atoms with Crippen molar-refractivity contribution in [1.29, 1.82) is 0 Å². The third-order valence-corrected chi connectivity index (χ3v) is 6.42. The van der Waals surface area contributed by atoms with Crippen LogP contribution < -0.4 is 10.6 Å². The maximum absolute atomic E-state index is 11.2. The molecule has 0 unspecified atom stereocenters. The lowest BCUT2D eigenvalue weighted by Crippen LogP contribution is -2.45. The first-order valence-corrected chi connectivity index (χ1v) is 10.9. The van der Waals surface area contributed by atoms with E-state index in [0.29, 0.717) is 30.6 Å². The minimum atomic E-state index is -0.731. The van der Waals surface area contributed by atoms with E-state index in [1.807, 2.05) is 0 Å². The molecule has 3 N–H and O–H groups in total. The molecule has 0 heterocycles. The van der Waals surface area contributed by atoms with Crippen molar-refractivity contribution in [3.8, 4) is 0 Å². The van der Waals surface area contributed by atoms with E-state index in [0.717, 1.165) is 19.3 Å². The van der Waals surface area contributed by atoms with Gasteiger partial charge in [-0.25, -0.2) is 0 Å². The van der Waals surface area contributed by atoms with Crippen LogP contribution in [0.5, 0.6) is 0 Å². The smallest absolute Gasteiger partial charge is 0.310 e. The van der Waals surface area contributed by atoms with Gasteiger partial charge in [-0.3, -0.25) is 4.79 Å². The molecule has 2 atom stereocenters. The normalized spacial score (nSPS) is 28.2. The zero-order valence-electron chi connectivity index (χ0n) is 17.6. The van der Waals surface area contributed by atoms with Crippen LogP contribution in [-0.4, -0.2) is 35.7 Å². The Morgan fingerprint density at radius 3 is 2.39 bits per heavy atom. The van der Waals surface area contributed by atoms with Gasteiger partial charge >= 0.3 is 5.97 Å². The van der Waals surface area contributed by atoms with Gasteiger partial charge in [-0.2, -0.15) is 0 Å². The van der Waals surface area contributed by atoms with Crippen LogP contribution in [0.3, 0.4) is 0 Å². The van der Waals surface area contributed by atoms with Crippen LogP contribution in [0.25, 0.3) is 6.08 Å². The molecule has 0 aromatic heterocycles. The summed E-state index contributed by atoms with van der Waals surface area (Å²) in [7, 11) is 0. The highest BCUT2D eigenvalue weighted by molar-refractivity contribution is 5.73. The van der Waals surface area contributed by atoms with Crippen LogP contribution in [0.2, 0.25) is 0 Å². The number of nitrogens with one attached hydrogen (secondary N) is 2. The minimum Gasteiger partial charge on any atom is -0.481 e. The molecule has 1 aromatic carbocycles. The van der Waals surface area contributed by atoms with Crippen LogP contribution >= 0.6 is 0 Å². The van der Waals surface area contributed by atoms with E-state index in [1.54, 1.807) is 19.4 Å². The molecule has 0 radical (unpaired) electrons. The second-order valence-corrected chi connectivity index (χ2v) is 9.22. The van der Waals surface area contributed by atoms with Crippen molar-refractivity contribution in [2.24, 2.45) is 11.3 Å². The average Bonchev–Trinajstić information content (AvgIpc) is 3.45. The molecule has 1 aromatic rings. The van der Waals surface area contributed by atoms with E-state index in [4.69, 9.17) is 0 Å². The van der Waals surface area contributed by atoms with E-state index < -0.39 is 11.4 Å². The van der Waals surface area contributed by atoms with E-state index in [-0.39, 0.29) is 0 Å². The molecular weight excluding hydrogens is 348 g/mol.